The SMILES string of the molecule is CCOc1ccc2c(C#N)c(-c3ccc(-n4c(O)cn(C)c4=O)cc3)n(CC)c2c1. The Kier molecular flexibility index (Phi) is 4.84. The van der Waals surface area contributed by atoms with Crippen molar-refractivity contribution >= 4 is 10.9 Å². The van der Waals surface area contributed by atoms with Crippen LogP contribution in [0.3, 0.4) is 0 Å². The standard InChI is InChI=1S/C23H22N4O3/c1-4-26-20-12-17(30-5-2)10-11-18(20)19(13-24)22(26)15-6-8-16(9-7-15)27-21(28)14-25(3)23(27)29/h6-12,14,28H,4-5H2,1-3H3. The molecule has 4 aromatic rings. The summed E-state index contributed by atoms with van der Waals surface area (Å²) < 4.78 is 10.3. The van der Waals surface area contributed by atoms with Gasteiger partial charge in [0.1, 0.15) is 11.8 Å². The summed E-state index contributed by atoms with van der Waals surface area (Å²) in [5, 5.41) is 20.8. The molecule has 0 fully saturated rings. The summed E-state index contributed by atoms with van der Waals surface area (Å²) >= 11 is 0. The van der Waals surface area contributed by atoms with Crippen molar-refractivity contribution in [2.45, 2.75) is 20.4 Å². The van der Waals surface area contributed by atoms with Crippen LogP contribution in [-0.4, -0.2) is 25.4 Å². The number of hydrogen-bond donors (Lipinski definition) is 1. The Hall–Kier alpha value is -3.92. The van der Waals surface area contributed by atoms with Crippen LogP contribution in [-0.2, 0) is 13.6 Å². The molecule has 0 aliphatic carbocycles. The molecule has 2 aromatic heterocycles. The number of fused-ring (bicyclic) bond motifs is 1. The molecule has 2 aromatic carbocycles. The predicted molar refractivity (Wildman–Crippen MR) is 115 cm³/mol. The highest BCUT2D eigenvalue weighted by molar-refractivity contribution is 5.95. The zero-order valence-electron chi connectivity index (χ0n) is 17.1. The third-order valence-electron chi connectivity index (χ3n) is 5.21. The van der Waals surface area contributed by atoms with Crippen molar-refractivity contribution in [1.82, 2.24) is 13.7 Å². The maximum Gasteiger partial charge on any atom is 0.335 e. The highest BCUT2D eigenvalue weighted by atomic mass is 16.5. The molecule has 152 valence electrons. The second kappa shape index (κ2) is 7.48. The Morgan fingerprint density at radius 1 is 1.13 bits per heavy atom. The Balaban J connectivity index is 1.88. The number of aryl methyl sites for hydroxylation is 2. The van der Waals surface area contributed by atoms with Crippen molar-refractivity contribution in [3.05, 3.63) is 64.7 Å². The molecule has 7 nitrogen and oxygen atoms in total. The molecule has 0 aliphatic rings. The molecule has 0 atom stereocenters. The number of ether oxygens (including phenoxy) is 1. The van der Waals surface area contributed by atoms with E-state index in [1.54, 1.807) is 19.2 Å². The molecule has 0 bridgehead atoms. The molecule has 0 unspecified atom stereocenters. The largest absolute Gasteiger partial charge is 0.494 e. The van der Waals surface area contributed by atoms with Crippen LogP contribution in [0.15, 0.2) is 53.5 Å². The Bertz CT molecular complexity index is 1330. The second-order valence-corrected chi connectivity index (χ2v) is 6.95. The maximum absolute atomic E-state index is 12.3. The molecule has 0 saturated heterocycles. The summed E-state index contributed by atoms with van der Waals surface area (Å²) in [5.41, 5.74) is 3.44. The van der Waals surface area contributed by atoms with Crippen molar-refractivity contribution in [2.75, 3.05) is 6.61 Å². The van der Waals surface area contributed by atoms with Crippen molar-refractivity contribution in [3.8, 4) is 34.6 Å². The number of hydrogen-bond acceptors (Lipinski definition) is 4. The average Bonchev–Trinajstić information content (AvgIpc) is 3.20. The molecule has 0 radical (unpaired) electrons. The first-order valence-electron chi connectivity index (χ1n) is 9.77. The molecule has 4 rings (SSSR count). The summed E-state index contributed by atoms with van der Waals surface area (Å²) in [5.74, 6) is 0.640. The fraction of sp³-hybridized carbons (Fsp3) is 0.217. The van der Waals surface area contributed by atoms with Gasteiger partial charge in [0.05, 0.1) is 35.3 Å². The van der Waals surface area contributed by atoms with E-state index >= 15 is 0 Å². The fourth-order valence-corrected chi connectivity index (χ4v) is 3.88. The second-order valence-electron chi connectivity index (χ2n) is 6.95. The summed E-state index contributed by atoms with van der Waals surface area (Å²) in [4.78, 5) is 12.3. The summed E-state index contributed by atoms with van der Waals surface area (Å²) in [6, 6.07) is 15.4. The first-order valence-corrected chi connectivity index (χ1v) is 9.77. The Morgan fingerprint density at radius 3 is 2.43 bits per heavy atom. The first kappa shape index (κ1) is 19.4. The van der Waals surface area contributed by atoms with E-state index < -0.39 is 0 Å². The molecule has 0 aliphatic heterocycles. The third kappa shape index (κ3) is 2.94. The maximum atomic E-state index is 12.3. The fourth-order valence-electron chi connectivity index (χ4n) is 3.88. The van der Waals surface area contributed by atoms with Crippen molar-refractivity contribution < 1.29 is 9.84 Å². The molecular weight excluding hydrogens is 380 g/mol. The summed E-state index contributed by atoms with van der Waals surface area (Å²) in [6.45, 7) is 5.23. The van der Waals surface area contributed by atoms with E-state index in [2.05, 4.69) is 10.6 Å². The van der Waals surface area contributed by atoms with Gasteiger partial charge < -0.3 is 14.4 Å². The van der Waals surface area contributed by atoms with Crippen LogP contribution in [0, 0.1) is 11.3 Å². The van der Waals surface area contributed by atoms with E-state index in [9.17, 15) is 15.2 Å². The average molecular weight is 402 g/mol. The minimum absolute atomic E-state index is 0.126. The number of imidazole rings is 1. The molecule has 7 heteroatoms. The van der Waals surface area contributed by atoms with Gasteiger partial charge in [-0.15, -0.1) is 0 Å². The highest BCUT2D eigenvalue weighted by Gasteiger charge is 2.19. The van der Waals surface area contributed by atoms with Crippen molar-refractivity contribution in [3.63, 3.8) is 0 Å². The van der Waals surface area contributed by atoms with Gasteiger partial charge in [-0.05, 0) is 43.7 Å². The summed E-state index contributed by atoms with van der Waals surface area (Å²) in [7, 11) is 1.59. The van der Waals surface area contributed by atoms with Gasteiger partial charge in [-0.25, -0.2) is 9.36 Å². The van der Waals surface area contributed by atoms with Gasteiger partial charge in [0.25, 0.3) is 0 Å². The number of aromatic hydroxyl groups is 1. The molecule has 0 spiro atoms. The minimum atomic E-state index is -0.330. The summed E-state index contributed by atoms with van der Waals surface area (Å²) in [6.07, 6.45) is 1.37. The number of benzene rings is 2. The van der Waals surface area contributed by atoms with Gasteiger partial charge >= 0.3 is 5.69 Å². The van der Waals surface area contributed by atoms with Crippen LogP contribution in [0.1, 0.15) is 19.4 Å². The van der Waals surface area contributed by atoms with E-state index in [0.717, 1.165) is 27.9 Å². The number of nitrogens with zero attached hydrogens (tertiary/aromatic N) is 4. The van der Waals surface area contributed by atoms with Crippen LogP contribution in [0.4, 0.5) is 0 Å². The lowest BCUT2D eigenvalue weighted by Crippen LogP contribution is -2.20. The van der Waals surface area contributed by atoms with Crippen LogP contribution in [0.25, 0.3) is 27.8 Å². The molecule has 0 amide bonds. The van der Waals surface area contributed by atoms with E-state index in [-0.39, 0.29) is 11.6 Å². The van der Waals surface area contributed by atoms with Gasteiger partial charge in [-0.2, -0.15) is 5.26 Å². The quantitative estimate of drug-likeness (QED) is 0.550. The smallest absolute Gasteiger partial charge is 0.335 e. The number of rotatable bonds is 5. The van der Waals surface area contributed by atoms with Gasteiger partial charge in [-0.3, -0.25) is 4.57 Å². The molecular formula is C23H22N4O3. The Labute approximate surface area is 173 Å². The third-order valence-corrected chi connectivity index (χ3v) is 5.21. The van der Waals surface area contributed by atoms with E-state index in [1.165, 1.54) is 15.3 Å². The van der Waals surface area contributed by atoms with Gasteiger partial charge in [0, 0.05) is 25.0 Å². The van der Waals surface area contributed by atoms with Crippen LogP contribution < -0.4 is 10.4 Å². The monoisotopic (exact) mass is 402 g/mol. The number of aromatic nitrogens is 3. The van der Waals surface area contributed by atoms with Gasteiger partial charge in [-0.1, -0.05) is 12.1 Å². The van der Waals surface area contributed by atoms with Gasteiger partial charge in [0.15, 0.2) is 0 Å². The lowest BCUT2D eigenvalue weighted by Gasteiger charge is -2.10. The van der Waals surface area contributed by atoms with E-state index in [1.807, 2.05) is 44.2 Å². The molecule has 1 N–H and O–H groups in total. The zero-order valence-corrected chi connectivity index (χ0v) is 17.1. The van der Waals surface area contributed by atoms with Crippen LogP contribution in [0.5, 0.6) is 11.6 Å². The van der Waals surface area contributed by atoms with Crippen LogP contribution in [0.2, 0.25) is 0 Å². The van der Waals surface area contributed by atoms with E-state index in [4.69, 9.17) is 4.74 Å². The highest BCUT2D eigenvalue weighted by Crippen LogP contribution is 2.35. The first-order chi connectivity index (χ1) is 14.5. The molecule has 30 heavy (non-hydrogen) atoms. The van der Waals surface area contributed by atoms with Gasteiger partial charge in [0.2, 0.25) is 5.88 Å². The normalized spacial score (nSPS) is 11.0. The minimum Gasteiger partial charge on any atom is -0.494 e. The zero-order chi connectivity index (χ0) is 21.4. The molecule has 0 saturated carbocycles. The lowest BCUT2D eigenvalue weighted by molar-refractivity contribution is 0.340. The number of nitriles is 1. The van der Waals surface area contributed by atoms with Crippen LogP contribution >= 0.6 is 0 Å². The van der Waals surface area contributed by atoms with E-state index in [0.29, 0.717) is 24.4 Å². The lowest BCUT2D eigenvalue weighted by atomic mass is 10.1. The van der Waals surface area contributed by atoms with Crippen molar-refractivity contribution in [2.24, 2.45) is 7.05 Å². The van der Waals surface area contributed by atoms with Crippen molar-refractivity contribution in [1.29, 1.82) is 5.26 Å². The topological polar surface area (TPSA) is 85.1 Å². The predicted octanol–water partition coefficient (Wildman–Crippen LogP) is 3.79. The Morgan fingerprint density at radius 2 is 1.87 bits per heavy atom. The molecule has 2 heterocycles.